The van der Waals surface area contributed by atoms with Gasteiger partial charge < -0.3 is 51.8 Å². The van der Waals surface area contributed by atoms with Crippen LogP contribution in [0.15, 0.2) is 87.3 Å². The number of aromatic amines is 2. The molecule has 2 amide bonds. The van der Waals surface area contributed by atoms with Crippen LogP contribution in [-0.2, 0) is 43.2 Å². The van der Waals surface area contributed by atoms with Crippen LogP contribution in [-0.4, -0.2) is 78.5 Å². The van der Waals surface area contributed by atoms with Gasteiger partial charge in [-0.1, -0.05) is 42.5 Å². The van der Waals surface area contributed by atoms with Crippen molar-refractivity contribution >= 4 is 64.3 Å². The van der Waals surface area contributed by atoms with E-state index in [-0.39, 0.29) is 114 Å². The van der Waals surface area contributed by atoms with Gasteiger partial charge in [-0.3, -0.25) is 33.8 Å². The zero-order valence-corrected chi connectivity index (χ0v) is 39.2. The van der Waals surface area contributed by atoms with Crippen molar-refractivity contribution in [3.05, 3.63) is 116 Å². The Morgan fingerprint density at radius 2 is 1.45 bits per heavy atom. The Morgan fingerprint density at radius 3 is 2.05 bits per heavy atom. The van der Waals surface area contributed by atoms with Crippen molar-refractivity contribution in [2.75, 3.05) is 5.73 Å². The molecule has 0 saturated carbocycles. The molecule has 0 saturated heterocycles. The van der Waals surface area contributed by atoms with Gasteiger partial charge in [-0.2, -0.15) is 9.98 Å². The van der Waals surface area contributed by atoms with E-state index >= 15 is 0 Å². The van der Waals surface area contributed by atoms with Crippen molar-refractivity contribution in [2.24, 2.45) is 16.6 Å². The average Bonchev–Trinajstić information content (AvgIpc) is 3.83. The zero-order valence-electron chi connectivity index (χ0n) is 35.2. The number of ketones is 1. The molecule has 21 heteroatoms. The first-order chi connectivity index (χ1) is 29.5. The minimum absolute atomic E-state index is 0. The molecule has 0 bridgehead atoms. The smallest absolute Gasteiger partial charge is 0.550 e. The van der Waals surface area contributed by atoms with Crippen molar-refractivity contribution in [1.82, 2.24) is 20.3 Å². The van der Waals surface area contributed by atoms with Crippen LogP contribution in [0.4, 0.5) is 5.95 Å². The van der Waals surface area contributed by atoms with Gasteiger partial charge in [-0.15, -0.1) is 0 Å². The summed E-state index contributed by atoms with van der Waals surface area (Å²) >= 11 is 0. The number of H-pyrrole nitrogens is 2. The Bertz CT molecular complexity index is 2560. The number of rotatable bonds is 19. The molecule has 64 heavy (non-hydrogen) atoms. The molecule has 0 radical (unpaired) electrons. The number of aromatic nitrogens is 3. The summed E-state index contributed by atoms with van der Waals surface area (Å²) in [4.78, 5) is 106. The van der Waals surface area contributed by atoms with Crippen molar-refractivity contribution < 1.29 is 113 Å². The number of aliphatic carboxylic acids is 4. The summed E-state index contributed by atoms with van der Waals surface area (Å²) in [6.45, 7) is 0. The molecule has 2 atom stereocenters. The largest absolute Gasteiger partial charge is 1.00 e. The van der Waals surface area contributed by atoms with E-state index in [0.29, 0.717) is 66.5 Å². The number of fused-ring (bicyclic) bond motifs is 1. The zero-order chi connectivity index (χ0) is 45.1. The topological polar surface area (TPSA) is 344 Å². The van der Waals surface area contributed by atoms with Gasteiger partial charge in [0.25, 0.3) is 17.4 Å². The van der Waals surface area contributed by atoms with Crippen LogP contribution in [0.1, 0.15) is 88.8 Å². The number of anilines is 1. The number of benzene rings is 2. The Balaban J connectivity index is 0.000000330. The maximum absolute atomic E-state index is 12.4. The number of carboxylic acid groups (broad SMARTS) is 4. The van der Waals surface area contributed by atoms with Crippen LogP contribution in [0.2, 0.25) is 0 Å². The summed E-state index contributed by atoms with van der Waals surface area (Å²) in [5.41, 5.74) is 17.2. The molecule has 0 spiro atoms. The Kier molecular flexibility index (Phi) is 20.1. The predicted octanol–water partition coefficient (Wildman–Crippen LogP) is -5.32. The van der Waals surface area contributed by atoms with E-state index in [1.165, 1.54) is 12.1 Å². The maximum atomic E-state index is 12.4. The monoisotopic (exact) mass is 895 g/mol. The van der Waals surface area contributed by atoms with Gasteiger partial charge in [0.15, 0.2) is 5.78 Å². The third-order valence-corrected chi connectivity index (χ3v) is 10.3. The van der Waals surface area contributed by atoms with Crippen molar-refractivity contribution in [2.45, 2.75) is 76.7 Å². The van der Waals surface area contributed by atoms with Crippen LogP contribution in [0.25, 0.3) is 11.0 Å². The normalized spacial score (nSPS) is 13.7. The molecule has 19 nitrogen and oxygen atoms in total. The maximum Gasteiger partial charge on any atom is 1.00 e. The molecule has 324 valence electrons. The number of amidine groups is 1. The number of nitrogens with one attached hydrogen (secondary N) is 3. The van der Waals surface area contributed by atoms with E-state index in [4.69, 9.17) is 16.6 Å². The number of aliphatic imine (C=N–C) groups is 1. The van der Waals surface area contributed by atoms with E-state index in [2.05, 4.69) is 25.3 Å². The third kappa shape index (κ3) is 14.7. The van der Waals surface area contributed by atoms with Crippen LogP contribution < -0.4 is 91.7 Å². The molecule has 4 aromatic rings. The first kappa shape index (κ1) is 52.6. The minimum atomic E-state index is -1.57. The standard InChI is InChI=1S/C23H24N2O6.C20H21N5O6.2Na/c24-19-12-16-8-7-15(21(16)22(29)25-19)6-3-13-1-4-14(5-2-13)18(26)11-17(23(30)31)9-10-20(27)28;21-20-24-16-15(18(29)25-20)12(9-22-16)6-3-10-1-4-11(5-2-10)17(28)23-13(19(30)31)7-8-14(26)27;;/h1-2,4-5,7,17H,3,6,8-12H2,(H,27,28)(H,30,31)(H2,24,25,29);1-2,4-5,9,13H,3,6-8H2,(H,23,28)(H,26,27)(H,30,31)(H4,21,22,24,25,29);;/q;;2*+1/p-2/t17-;;;/m1.../s1. The average molecular weight is 896 g/mol. The van der Waals surface area contributed by atoms with Gasteiger partial charge in [0.05, 0.1) is 23.3 Å². The number of allylic oxidation sites excluding steroid dienone is 1. The van der Waals surface area contributed by atoms with Crippen molar-refractivity contribution in [3.8, 4) is 0 Å². The number of dihydropyridines is 1. The number of carboxylic acids is 4. The fraction of sp³-hybridized carbons (Fsp3) is 0.302. The molecule has 9 N–H and O–H groups in total. The van der Waals surface area contributed by atoms with E-state index < -0.39 is 48.2 Å². The molecule has 3 heterocycles. The molecular weight excluding hydrogens is 852 g/mol. The molecule has 2 aromatic heterocycles. The Hall–Kier alpha value is -5.70. The number of carbonyl (C=O) groups is 7. The number of Topliss-reactive ketones (excluding diaryl/α,β-unsaturated/α-hetero) is 1. The van der Waals surface area contributed by atoms with Gasteiger partial charge in [-0.25, -0.2) is 0 Å². The summed E-state index contributed by atoms with van der Waals surface area (Å²) in [7, 11) is 0. The van der Waals surface area contributed by atoms with Crippen molar-refractivity contribution in [1.29, 1.82) is 0 Å². The van der Waals surface area contributed by atoms with Crippen LogP contribution in [0.5, 0.6) is 0 Å². The quantitative estimate of drug-likeness (QED) is 0.0342. The minimum Gasteiger partial charge on any atom is -0.550 e. The summed E-state index contributed by atoms with van der Waals surface area (Å²) in [5, 5.41) is 42.2. The fourth-order valence-corrected chi connectivity index (χ4v) is 7.06. The molecule has 0 fully saturated rings. The van der Waals surface area contributed by atoms with E-state index in [0.717, 1.165) is 27.8 Å². The summed E-state index contributed by atoms with van der Waals surface area (Å²) in [6.07, 6.45) is 5.97. The molecule has 2 aromatic carbocycles. The SMILES string of the molecule is NC1=NC(=O)C2=C(CC=C2CCc2ccc(C(=O)C[C@@H](CCC(=O)O)C(=O)O)cc2)C1.Nc1nc2[nH]cc(CCc3ccc(C(=O)NC(CCC(=O)[O-])C(=O)[O-])cc3)c2c(=O)[nH]1.[Na+].[Na+]. The van der Waals surface area contributed by atoms with E-state index in [1.54, 1.807) is 30.5 Å². The molecule has 1 aliphatic heterocycles. The van der Waals surface area contributed by atoms with Gasteiger partial charge in [0, 0.05) is 48.1 Å². The number of amides is 2. The number of carbonyl (C=O) groups excluding carboxylic acids is 5. The number of hydrogen-bond donors (Lipinski definition) is 7. The van der Waals surface area contributed by atoms with Crippen molar-refractivity contribution in [3.63, 3.8) is 0 Å². The first-order valence-electron chi connectivity index (χ1n) is 19.5. The number of nitrogens with two attached hydrogens (primary N) is 2. The van der Waals surface area contributed by atoms with Gasteiger partial charge in [0.2, 0.25) is 5.95 Å². The summed E-state index contributed by atoms with van der Waals surface area (Å²) < 4.78 is 0. The molecule has 6 rings (SSSR count). The van der Waals surface area contributed by atoms with Gasteiger partial charge in [0.1, 0.15) is 11.5 Å². The predicted molar refractivity (Wildman–Crippen MR) is 218 cm³/mol. The van der Waals surface area contributed by atoms with Crippen LogP contribution >= 0.6 is 0 Å². The number of nitrogens with zero attached hydrogens (tertiary/aromatic N) is 2. The Labute approximate surface area is 409 Å². The number of hydrogen-bond acceptors (Lipinski definition) is 13. The van der Waals surface area contributed by atoms with E-state index in [1.807, 2.05) is 18.2 Å². The Morgan fingerprint density at radius 1 is 0.828 bits per heavy atom. The second-order valence-corrected chi connectivity index (χ2v) is 14.7. The fourth-order valence-electron chi connectivity index (χ4n) is 7.06. The van der Waals surface area contributed by atoms with Crippen LogP contribution in [0, 0.1) is 5.92 Å². The summed E-state index contributed by atoms with van der Waals surface area (Å²) in [6, 6.07) is 12.0. The first-order valence-corrected chi connectivity index (χ1v) is 19.5. The summed E-state index contributed by atoms with van der Waals surface area (Å²) in [5.74, 6) is -7.16. The second kappa shape index (κ2) is 24.4. The number of aryl methyl sites for hydroxylation is 3. The molecule has 1 aliphatic carbocycles. The van der Waals surface area contributed by atoms with Crippen LogP contribution in [0.3, 0.4) is 0 Å². The second-order valence-electron chi connectivity index (χ2n) is 14.7. The van der Waals surface area contributed by atoms with Gasteiger partial charge >= 0.3 is 71.1 Å². The molecule has 1 unspecified atom stereocenters. The molecule has 2 aliphatic rings. The van der Waals surface area contributed by atoms with E-state index in [9.17, 15) is 53.7 Å². The third-order valence-electron chi connectivity index (χ3n) is 10.3. The number of nitrogen functional groups attached to an aromatic ring is 1. The molecular formula is C43H43N7Na2O12. The van der Waals surface area contributed by atoms with Gasteiger partial charge in [-0.05, 0) is 91.3 Å².